The fourth-order valence-electron chi connectivity index (χ4n) is 2.89. The van der Waals surface area contributed by atoms with Crippen molar-refractivity contribution in [2.24, 2.45) is 5.73 Å². The van der Waals surface area contributed by atoms with Crippen molar-refractivity contribution >= 4 is 5.91 Å². The van der Waals surface area contributed by atoms with Gasteiger partial charge in [-0.3, -0.25) is 14.6 Å². The zero-order chi connectivity index (χ0) is 14.7. The van der Waals surface area contributed by atoms with Gasteiger partial charge in [-0.2, -0.15) is 0 Å². The van der Waals surface area contributed by atoms with E-state index in [0.29, 0.717) is 17.8 Å². The molecule has 0 bridgehead atoms. The van der Waals surface area contributed by atoms with Crippen molar-refractivity contribution in [2.45, 2.75) is 39.4 Å². The Balaban J connectivity index is 1.98. The van der Waals surface area contributed by atoms with Crippen molar-refractivity contribution in [3.05, 3.63) is 29.6 Å². The van der Waals surface area contributed by atoms with Gasteiger partial charge in [-0.25, -0.2) is 4.98 Å². The lowest BCUT2D eigenvalue weighted by molar-refractivity contribution is 0.0558. The molecule has 1 aliphatic heterocycles. The van der Waals surface area contributed by atoms with Gasteiger partial charge < -0.3 is 5.73 Å². The number of primary amides is 1. The van der Waals surface area contributed by atoms with Crippen LogP contribution >= 0.6 is 0 Å². The van der Waals surface area contributed by atoms with Crippen LogP contribution in [-0.4, -0.2) is 52.4 Å². The van der Waals surface area contributed by atoms with Crippen LogP contribution in [0.2, 0.25) is 0 Å². The highest BCUT2D eigenvalue weighted by molar-refractivity contribution is 5.90. The molecule has 5 nitrogen and oxygen atoms in total. The summed E-state index contributed by atoms with van der Waals surface area (Å²) in [6, 6.07) is 6.58. The SMILES string of the molecule is CC(C)N1CCN(Cc2cccc(C(N)=O)n2)CC1C. The molecule has 5 heteroatoms. The van der Waals surface area contributed by atoms with Gasteiger partial charge in [0.25, 0.3) is 5.91 Å². The number of carbonyl (C=O) groups is 1. The van der Waals surface area contributed by atoms with Gasteiger partial charge in [0.2, 0.25) is 0 Å². The molecule has 1 aromatic rings. The molecular formula is C15H24N4O. The van der Waals surface area contributed by atoms with Crippen molar-refractivity contribution in [2.75, 3.05) is 19.6 Å². The summed E-state index contributed by atoms with van der Waals surface area (Å²) in [6.07, 6.45) is 0. The van der Waals surface area contributed by atoms with Gasteiger partial charge in [0.05, 0.1) is 5.69 Å². The first kappa shape index (κ1) is 14.9. The van der Waals surface area contributed by atoms with E-state index in [4.69, 9.17) is 5.73 Å². The fraction of sp³-hybridized carbons (Fsp3) is 0.600. The molecule has 0 saturated carbocycles. The Bertz CT molecular complexity index is 475. The number of nitrogens with two attached hydrogens (primary N) is 1. The van der Waals surface area contributed by atoms with E-state index in [1.807, 2.05) is 12.1 Å². The Labute approximate surface area is 120 Å². The van der Waals surface area contributed by atoms with Crippen LogP contribution in [-0.2, 0) is 6.54 Å². The second-order valence-corrected chi connectivity index (χ2v) is 5.79. The smallest absolute Gasteiger partial charge is 0.267 e. The van der Waals surface area contributed by atoms with Crippen LogP contribution in [0.4, 0.5) is 0 Å². The van der Waals surface area contributed by atoms with Crippen LogP contribution in [0.1, 0.15) is 37.0 Å². The number of piperazine rings is 1. The molecule has 0 spiro atoms. The van der Waals surface area contributed by atoms with Crippen LogP contribution in [0.25, 0.3) is 0 Å². The average molecular weight is 276 g/mol. The van der Waals surface area contributed by atoms with E-state index in [1.54, 1.807) is 6.07 Å². The highest BCUT2D eigenvalue weighted by Gasteiger charge is 2.25. The van der Waals surface area contributed by atoms with Crippen molar-refractivity contribution in [1.29, 1.82) is 0 Å². The molecule has 1 atom stereocenters. The largest absolute Gasteiger partial charge is 0.364 e. The number of hydrogen-bond acceptors (Lipinski definition) is 4. The van der Waals surface area contributed by atoms with Crippen LogP contribution in [0.5, 0.6) is 0 Å². The summed E-state index contributed by atoms with van der Waals surface area (Å²) in [5.41, 5.74) is 6.52. The lowest BCUT2D eigenvalue weighted by Crippen LogP contribution is -2.53. The summed E-state index contributed by atoms with van der Waals surface area (Å²) < 4.78 is 0. The molecule has 2 N–H and O–H groups in total. The molecule has 1 saturated heterocycles. The monoisotopic (exact) mass is 276 g/mol. The molecule has 1 aliphatic rings. The number of amides is 1. The van der Waals surface area contributed by atoms with E-state index in [1.165, 1.54) is 0 Å². The van der Waals surface area contributed by atoms with Gasteiger partial charge in [-0.15, -0.1) is 0 Å². The number of carbonyl (C=O) groups excluding carboxylic acids is 1. The molecule has 20 heavy (non-hydrogen) atoms. The van der Waals surface area contributed by atoms with E-state index < -0.39 is 5.91 Å². The van der Waals surface area contributed by atoms with Crippen molar-refractivity contribution < 1.29 is 4.79 Å². The number of pyridine rings is 1. The van der Waals surface area contributed by atoms with E-state index in [2.05, 4.69) is 35.6 Å². The highest BCUT2D eigenvalue weighted by atomic mass is 16.1. The van der Waals surface area contributed by atoms with E-state index in [0.717, 1.165) is 31.9 Å². The van der Waals surface area contributed by atoms with Gasteiger partial charge in [-0.1, -0.05) is 6.07 Å². The minimum absolute atomic E-state index is 0.344. The number of nitrogens with zero attached hydrogens (tertiary/aromatic N) is 3. The Morgan fingerprint density at radius 2 is 2.20 bits per heavy atom. The summed E-state index contributed by atoms with van der Waals surface area (Å²) in [5.74, 6) is -0.468. The molecule has 1 amide bonds. The molecule has 2 rings (SSSR count). The summed E-state index contributed by atoms with van der Waals surface area (Å²) in [6.45, 7) is 10.7. The molecule has 0 radical (unpaired) electrons. The van der Waals surface area contributed by atoms with Crippen LogP contribution in [0.3, 0.4) is 0 Å². The lowest BCUT2D eigenvalue weighted by Gasteiger charge is -2.42. The first-order valence-corrected chi connectivity index (χ1v) is 7.21. The number of aromatic nitrogens is 1. The summed E-state index contributed by atoms with van der Waals surface area (Å²) in [7, 11) is 0. The molecule has 0 aromatic carbocycles. The third kappa shape index (κ3) is 3.55. The second-order valence-electron chi connectivity index (χ2n) is 5.79. The van der Waals surface area contributed by atoms with Crippen LogP contribution < -0.4 is 5.73 Å². The molecule has 110 valence electrons. The maximum absolute atomic E-state index is 11.2. The lowest BCUT2D eigenvalue weighted by atomic mass is 10.1. The number of hydrogen-bond donors (Lipinski definition) is 1. The number of rotatable bonds is 4. The fourth-order valence-corrected chi connectivity index (χ4v) is 2.89. The maximum atomic E-state index is 11.2. The van der Waals surface area contributed by atoms with Gasteiger partial charge >= 0.3 is 0 Å². The quantitative estimate of drug-likeness (QED) is 0.894. The third-order valence-electron chi connectivity index (χ3n) is 3.87. The molecule has 1 aromatic heterocycles. The topological polar surface area (TPSA) is 62.5 Å². The zero-order valence-corrected chi connectivity index (χ0v) is 12.5. The summed E-state index contributed by atoms with van der Waals surface area (Å²) >= 11 is 0. The van der Waals surface area contributed by atoms with Crippen molar-refractivity contribution in [3.63, 3.8) is 0 Å². The Morgan fingerprint density at radius 3 is 2.80 bits per heavy atom. The maximum Gasteiger partial charge on any atom is 0.267 e. The molecule has 1 fully saturated rings. The molecular weight excluding hydrogens is 252 g/mol. The first-order chi connectivity index (χ1) is 9.47. The van der Waals surface area contributed by atoms with E-state index in [-0.39, 0.29) is 0 Å². The normalized spacial score (nSPS) is 21.3. The van der Waals surface area contributed by atoms with Gasteiger partial charge in [-0.05, 0) is 32.9 Å². The third-order valence-corrected chi connectivity index (χ3v) is 3.87. The van der Waals surface area contributed by atoms with E-state index in [9.17, 15) is 4.79 Å². The Hall–Kier alpha value is -1.46. The molecule has 2 heterocycles. The molecule has 0 aliphatic carbocycles. The minimum atomic E-state index is -0.468. The van der Waals surface area contributed by atoms with Crippen molar-refractivity contribution in [1.82, 2.24) is 14.8 Å². The van der Waals surface area contributed by atoms with Crippen LogP contribution in [0, 0.1) is 0 Å². The van der Waals surface area contributed by atoms with Gasteiger partial charge in [0.15, 0.2) is 0 Å². The van der Waals surface area contributed by atoms with E-state index >= 15 is 0 Å². The predicted molar refractivity (Wildman–Crippen MR) is 79.3 cm³/mol. The average Bonchev–Trinajstić information content (AvgIpc) is 2.38. The minimum Gasteiger partial charge on any atom is -0.364 e. The summed E-state index contributed by atoms with van der Waals surface area (Å²) in [5, 5.41) is 0. The second kappa shape index (κ2) is 6.33. The predicted octanol–water partition coefficient (Wildman–Crippen LogP) is 1.09. The van der Waals surface area contributed by atoms with Gasteiger partial charge in [0.1, 0.15) is 5.69 Å². The summed E-state index contributed by atoms with van der Waals surface area (Å²) in [4.78, 5) is 20.4. The van der Waals surface area contributed by atoms with Crippen molar-refractivity contribution in [3.8, 4) is 0 Å². The van der Waals surface area contributed by atoms with Gasteiger partial charge in [0, 0.05) is 38.3 Å². The molecule has 1 unspecified atom stereocenters. The van der Waals surface area contributed by atoms with Crippen LogP contribution in [0.15, 0.2) is 18.2 Å². The first-order valence-electron chi connectivity index (χ1n) is 7.21. The Morgan fingerprint density at radius 1 is 1.45 bits per heavy atom. The Kier molecular flexibility index (Phi) is 4.73. The zero-order valence-electron chi connectivity index (χ0n) is 12.5. The standard InChI is InChI=1S/C15H24N4O/c1-11(2)19-8-7-18(9-12(19)3)10-13-5-4-6-14(17-13)15(16)20/h4-6,11-12H,7-10H2,1-3H3,(H2,16,20). The highest BCUT2D eigenvalue weighted by Crippen LogP contribution is 2.14.